The maximum Gasteiger partial charge on any atom is 0.244 e. The summed E-state index contributed by atoms with van der Waals surface area (Å²) in [5.41, 5.74) is 1.56. The predicted molar refractivity (Wildman–Crippen MR) is 103 cm³/mol. The minimum absolute atomic E-state index is 0. The van der Waals surface area contributed by atoms with Gasteiger partial charge in [0.05, 0.1) is 12.3 Å². The Bertz CT molecular complexity index is 744. The van der Waals surface area contributed by atoms with Gasteiger partial charge in [-0.15, -0.1) is 12.4 Å². The first kappa shape index (κ1) is 21.3. The van der Waals surface area contributed by atoms with Crippen molar-refractivity contribution >= 4 is 18.3 Å². The van der Waals surface area contributed by atoms with Crippen molar-refractivity contribution in [2.45, 2.75) is 25.0 Å². The normalized spacial score (nSPS) is 17.3. The Kier molecular flexibility index (Phi) is 7.35. The number of carbonyl (C=O) groups excluding carboxylic acids is 1. The predicted octanol–water partition coefficient (Wildman–Crippen LogP) is 2.21. The zero-order valence-corrected chi connectivity index (χ0v) is 16.3. The number of aliphatic hydroxyl groups excluding tert-OH is 1. The molecule has 27 heavy (non-hydrogen) atoms. The standard InChI is InChI=1S/C19H25FN4O2.ClH/c1-21-17(15-11-22-23(2)12-15)19(26)24-9-7-14(8-10-24)18(25)13-3-5-16(20)6-4-13;/h3-6,11-12,14,17-18,21,25H,7-10H2,1-2H3;1H. The van der Waals surface area contributed by atoms with Gasteiger partial charge in [-0.3, -0.25) is 9.48 Å². The molecule has 6 nitrogen and oxygen atoms in total. The highest BCUT2D eigenvalue weighted by Crippen LogP contribution is 2.31. The lowest BCUT2D eigenvalue weighted by molar-refractivity contribution is -0.135. The molecule has 1 aliphatic rings. The number of aromatic nitrogens is 2. The first-order chi connectivity index (χ1) is 12.5. The van der Waals surface area contributed by atoms with E-state index in [4.69, 9.17) is 0 Å². The summed E-state index contributed by atoms with van der Waals surface area (Å²) in [4.78, 5) is 14.7. The van der Waals surface area contributed by atoms with E-state index in [0.29, 0.717) is 25.9 Å². The molecule has 148 valence electrons. The summed E-state index contributed by atoms with van der Waals surface area (Å²) in [6.07, 6.45) is 4.33. The topological polar surface area (TPSA) is 70.4 Å². The molecule has 2 aromatic rings. The van der Waals surface area contributed by atoms with Crippen LogP contribution in [-0.4, -0.2) is 45.8 Å². The van der Waals surface area contributed by atoms with Crippen LogP contribution in [0.15, 0.2) is 36.7 Å². The van der Waals surface area contributed by atoms with Crippen LogP contribution in [0.3, 0.4) is 0 Å². The number of piperidine rings is 1. The second-order valence-corrected chi connectivity index (χ2v) is 6.83. The van der Waals surface area contributed by atoms with Gasteiger partial charge in [0.1, 0.15) is 11.9 Å². The molecule has 0 aliphatic carbocycles. The Morgan fingerprint density at radius 2 is 1.89 bits per heavy atom. The summed E-state index contributed by atoms with van der Waals surface area (Å²) in [6.45, 7) is 1.19. The van der Waals surface area contributed by atoms with Crippen molar-refractivity contribution in [2.75, 3.05) is 20.1 Å². The summed E-state index contributed by atoms with van der Waals surface area (Å²) < 4.78 is 14.7. The van der Waals surface area contributed by atoms with Crippen LogP contribution in [0.5, 0.6) is 0 Å². The van der Waals surface area contributed by atoms with E-state index >= 15 is 0 Å². The fourth-order valence-electron chi connectivity index (χ4n) is 3.57. The van der Waals surface area contributed by atoms with E-state index in [2.05, 4.69) is 10.4 Å². The fourth-order valence-corrected chi connectivity index (χ4v) is 3.57. The zero-order valence-electron chi connectivity index (χ0n) is 15.5. The Hall–Kier alpha value is -1.96. The average molecular weight is 397 g/mol. The van der Waals surface area contributed by atoms with Gasteiger partial charge in [0.25, 0.3) is 0 Å². The van der Waals surface area contributed by atoms with Gasteiger partial charge in [-0.05, 0) is 43.5 Å². The number of nitrogens with zero attached hydrogens (tertiary/aromatic N) is 3. The maximum atomic E-state index is 13.0. The highest BCUT2D eigenvalue weighted by molar-refractivity contribution is 5.85. The van der Waals surface area contributed by atoms with Crippen LogP contribution >= 0.6 is 12.4 Å². The Morgan fingerprint density at radius 1 is 1.26 bits per heavy atom. The number of nitrogens with one attached hydrogen (secondary N) is 1. The van der Waals surface area contributed by atoms with Crippen molar-refractivity contribution in [2.24, 2.45) is 13.0 Å². The van der Waals surface area contributed by atoms with E-state index in [1.165, 1.54) is 12.1 Å². The minimum atomic E-state index is -0.633. The molecule has 2 unspecified atom stereocenters. The molecule has 0 bridgehead atoms. The molecule has 3 rings (SSSR count). The molecule has 1 saturated heterocycles. The lowest BCUT2D eigenvalue weighted by atomic mass is 9.87. The molecule has 2 N–H and O–H groups in total. The highest BCUT2D eigenvalue weighted by atomic mass is 35.5. The van der Waals surface area contributed by atoms with Crippen LogP contribution in [0.25, 0.3) is 0 Å². The number of halogens is 2. The molecule has 2 atom stereocenters. The summed E-state index contributed by atoms with van der Waals surface area (Å²) in [6, 6.07) is 5.56. The van der Waals surface area contributed by atoms with Crippen LogP contribution in [0, 0.1) is 11.7 Å². The molecule has 1 aromatic heterocycles. The average Bonchev–Trinajstić information content (AvgIpc) is 3.08. The lowest BCUT2D eigenvalue weighted by Gasteiger charge is -2.36. The summed E-state index contributed by atoms with van der Waals surface area (Å²) >= 11 is 0. The molecule has 1 aromatic carbocycles. The van der Waals surface area contributed by atoms with Crippen LogP contribution in [0.1, 0.15) is 36.1 Å². The van der Waals surface area contributed by atoms with E-state index in [1.807, 2.05) is 18.1 Å². The second-order valence-electron chi connectivity index (χ2n) is 6.83. The number of hydrogen-bond donors (Lipinski definition) is 2. The SMILES string of the molecule is CNC(C(=O)N1CCC(C(O)c2ccc(F)cc2)CC1)c1cnn(C)c1.Cl. The molecule has 0 spiro atoms. The van der Waals surface area contributed by atoms with E-state index in [1.54, 1.807) is 30.1 Å². The van der Waals surface area contributed by atoms with Gasteiger partial charge in [-0.2, -0.15) is 5.10 Å². The molecule has 1 aliphatic heterocycles. The smallest absolute Gasteiger partial charge is 0.244 e. The Labute approximate surface area is 164 Å². The van der Waals surface area contributed by atoms with E-state index < -0.39 is 12.1 Å². The number of likely N-dealkylation sites (N-methyl/N-ethyl adjacent to an activating group) is 1. The quantitative estimate of drug-likeness (QED) is 0.813. The van der Waals surface area contributed by atoms with Gasteiger partial charge in [-0.25, -0.2) is 4.39 Å². The number of likely N-dealkylation sites (tertiary alicyclic amines) is 1. The maximum absolute atomic E-state index is 13.0. The monoisotopic (exact) mass is 396 g/mol. The third-order valence-electron chi connectivity index (χ3n) is 5.10. The van der Waals surface area contributed by atoms with Crippen molar-refractivity contribution in [1.82, 2.24) is 20.0 Å². The molecular formula is C19H26ClFN4O2. The number of rotatable bonds is 5. The summed E-state index contributed by atoms with van der Waals surface area (Å²) in [5, 5.41) is 17.7. The number of carbonyl (C=O) groups is 1. The van der Waals surface area contributed by atoms with E-state index in [9.17, 15) is 14.3 Å². The molecule has 8 heteroatoms. The van der Waals surface area contributed by atoms with Gasteiger partial charge in [0.2, 0.25) is 5.91 Å². The largest absolute Gasteiger partial charge is 0.388 e. The summed E-state index contributed by atoms with van der Waals surface area (Å²) in [7, 11) is 3.59. The van der Waals surface area contributed by atoms with Crippen LogP contribution in [-0.2, 0) is 11.8 Å². The third kappa shape index (κ3) is 4.86. The Balaban J connectivity index is 0.00000261. The molecule has 0 radical (unpaired) electrons. The minimum Gasteiger partial charge on any atom is -0.388 e. The van der Waals surface area contributed by atoms with Crippen molar-refractivity contribution in [3.8, 4) is 0 Å². The molecule has 1 amide bonds. The van der Waals surface area contributed by atoms with Crippen LogP contribution < -0.4 is 5.32 Å². The van der Waals surface area contributed by atoms with Crippen molar-refractivity contribution in [3.63, 3.8) is 0 Å². The number of aliphatic hydroxyl groups is 1. The lowest BCUT2D eigenvalue weighted by Crippen LogP contribution is -2.44. The van der Waals surface area contributed by atoms with Gasteiger partial charge >= 0.3 is 0 Å². The number of amides is 1. The van der Waals surface area contributed by atoms with Crippen molar-refractivity contribution < 1.29 is 14.3 Å². The Morgan fingerprint density at radius 3 is 2.41 bits per heavy atom. The molecule has 2 heterocycles. The second kappa shape index (κ2) is 9.30. The number of hydrogen-bond acceptors (Lipinski definition) is 4. The van der Waals surface area contributed by atoms with Gasteiger partial charge in [0.15, 0.2) is 0 Å². The van der Waals surface area contributed by atoms with Gasteiger partial charge in [0, 0.05) is 31.9 Å². The van der Waals surface area contributed by atoms with E-state index in [0.717, 1.165) is 11.1 Å². The fraction of sp³-hybridized carbons (Fsp3) is 0.474. The van der Waals surface area contributed by atoms with Crippen molar-refractivity contribution in [3.05, 3.63) is 53.6 Å². The molecular weight excluding hydrogens is 371 g/mol. The van der Waals surface area contributed by atoms with Crippen LogP contribution in [0.4, 0.5) is 4.39 Å². The number of aryl methyl sites for hydroxylation is 1. The third-order valence-corrected chi connectivity index (χ3v) is 5.10. The first-order valence-corrected chi connectivity index (χ1v) is 8.87. The highest BCUT2D eigenvalue weighted by Gasteiger charge is 2.31. The van der Waals surface area contributed by atoms with Crippen LogP contribution in [0.2, 0.25) is 0 Å². The van der Waals surface area contributed by atoms with E-state index in [-0.39, 0.29) is 30.0 Å². The number of benzene rings is 1. The van der Waals surface area contributed by atoms with Crippen molar-refractivity contribution in [1.29, 1.82) is 0 Å². The molecule has 1 fully saturated rings. The zero-order chi connectivity index (χ0) is 18.7. The summed E-state index contributed by atoms with van der Waals surface area (Å²) in [5.74, 6) is -0.221. The van der Waals surface area contributed by atoms with Gasteiger partial charge < -0.3 is 15.3 Å². The molecule has 0 saturated carbocycles. The van der Waals surface area contributed by atoms with Gasteiger partial charge in [-0.1, -0.05) is 12.1 Å². The first-order valence-electron chi connectivity index (χ1n) is 8.87.